The van der Waals surface area contributed by atoms with Crippen LogP contribution in [0.2, 0.25) is 0 Å². The van der Waals surface area contributed by atoms with Gasteiger partial charge in [-0.25, -0.2) is 23.6 Å². The van der Waals surface area contributed by atoms with Gasteiger partial charge in [0.25, 0.3) is 5.91 Å². The Hall–Kier alpha value is -3.54. The highest BCUT2D eigenvalue weighted by molar-refractivity contribution is 7.89. The van der Waals surface area contributed by atoms with Gasteiger partial charge in [0.15, 0.2) is 0 Å². The van der Waals surface area contributed by atoms with Crippen LogP contribution in [0.3, 0.4) is 0 Å². The van der Waals surface area contributed by atoms with Crippen LogP contribution in [0.5, 0.6) is 0 Å². The quantitative estimate of drug-likeness (QED) is 0.261. The summed E-state index contributed by atoms with van der Waals surface area (Å²) in [7, 11) is -3.69. The number of aryl methyl sites for hydroxylation is 1. The fraction of sp³-hybridized carbons (Fsp3) is 0.227. The van der Waals surface area contributed by atoms with Gasteiger partial charge < -0.3 is 10.6 Å². The van der Waals surface area contributed by atoms with E-state index < -0.39 is 21.5 Å². The van der Waals surface area contributed by atoms with Crippen molar-refractivity contribution in [2.75, 3.05) is 10.6 Å². The molecule has 174 valence electrons. The smallest absolute Gasteiger partial charge is 0.274 e. The van der Waals surface area contributed by atoms with E-state index in [2.05, 4.69) is 25.3 Å². The second kappa shape index (κ2) is 9.53. The van der Waals surface area contributed by atoms with Gasteiger partial charge in [0.2, 0.25) is 16.0 Å². The van der Waals surface area contributed by atoms with E-state index >= 15 is 0 Å². The number of benzene rings is 2. The molecular weight excluding hydrogens is 444 g/mol. The minimum Gasteiger partial charge on any atom is -0.340 e. The summed E-state index contributed by atoms with van der Waals surface area (Å²) in [6, 6.07) is 12.9. The Labute approximate surface area is 192 Å². The molecule has 0 atom stereocenters. The Kier molecular flexibility index (Phi) is 6.96. The lowest BCUT2D eigenvalue weighted by Crippen LogP contribution is -2.40. The minimum atomic E-state index is -3.69. The molecule has 0 saturated heterocycles. The number of amides is 1. The molecule has 0 saturated carbocycles. The number of nitrogens with zero attached hydrogens (tertiary/aromatic N) is 2. The van der Waals surface area contributed by atoms with Crippen LogP contribution in [-0.2, 0) is 10.0 Å². The number of carbonyl (C=O) groups excluding carboxylic acids is 1. The fourth-order valence-electron chi connectivity index (χ4n) is 2.90. The first-order valence-electron chi connectivity index (χ1n) is 10.0. The molecule has 0 aliphatic heterocycles. The molecule has 5 N–H and O–H groups in total. The van der Waals surface area contributed by atoms with Crippen LogP contribution in [-0.4, -0.2) is 35.0 Å². The number of hydrogen-bond acceptors (Lipinski definition) is 8. The minimum absolute atomic E-state index is 0.131. The van der Waals surface area contributed by atoms with Crippen molar-refractivity contribution in [2.45, 2.75) is 38.1 Å². The van der Waals surface area contributed by atoms with Crippen LogP contribution in [0.25, 0.3) is 0 Å². The van der Waals surface area contributed by atoms with Gasteiger partial charge in [-0.2, -0.15) is 4.98 Å². The summed E-state index contributed by atoms with van der Waals surface area (Å²) >= 11 is 0. The van der Waals surface area contributed by atoms with E-state index in [1.807, 2.05) is 6.92 Å². The molecule has 0 unspecified atom stereocenters. The summed E-state index contributed by atoms with van der Waals surface area (Å²) < 4.78 is 27.9. The molecule has 0 fully saturated rings. The van der Waals surface area contributed by atoms with Gasteiger partial charge in [0, 0.05) is 34.2 Å². The van der Waals surface area contributed by atoms with Gasteiger partial charge >= 0.3 is 0 Å². The number of nitrogens with one attached hydrogen (secondary N) is 4. The van der Waals surface area contributed by atoms with Crippen molar-refractivity contribution in [2.24, 2.45) is 0 Å². The number of hydrogen-bond donors (Lipinski definition) is 5. The molecule has 3 rings (SSSR count). The molecule has 3 aromatic rings. The molecule has 33 heavy (non-hydrogen) atoms. The van der Waals surface area contributed by atoms with Crippen LogP contribution in [0, 0.1) is 6.92 Å². The molecule has 0 radical (unpaired) electrons. The number of hydroxylamine groups is 1. The number of rotatable bonds is 7. The van der Waals surface area contributed by atoms with Crippen molar-refractivity contribution in [3.63, 3.8) is 0 Å². The Morgan fingerprint density at radius 2 is 1.67 bits per heavy atom. The third-order valence-corrected chi connectivity index (χ3v) is 6.06. The summed E-state index contributed by atoms with van der Waals surface area (Å²) in [6.45, 7) is 7.14. The van der Waals surface area contributed by atoms with Crippen molar-refractivity contribution < 1.29 is 18.4 Å². The van der Waals surface area contributed by atoms with Crippen LogP contribution in [0.4, 0.5) is 23.1 Å². The molecular formula is C22H26N6O4S. The molecule has 0 aliphatic carbocycles. The lowest BCUT2D eigenvalue weighted by atomic mass is 10.1. The monoisotopic (exact) mass is 470 g/mol. The number of aromatic nitrogens is 2. The number of carbonyl (C=O) groups is 1. The topological polar surface area (TPSA) is 145 Å². The Bertz CT molecular complexity index is 1270. The van der Waals surface area contributed by atoms with Crippen LogP contribution >= 0.6 is 0 Å². The largest absolute Gasteiger partial charge is 0.340 e. The van der Waals surface area contributed by atoms with Crippen molar-refractivity contribution in [3.05, 3.63) is 65.9 Å². The first kappa shape index (κ1) is 24.1. The maximum Gasteiger partial charge on any atom is 0.274 e. The first-order chi connectivity index (χ1) is 15.5. The molecule has 0 spiro atoms. The summed E-state index contributed by atoms with van der Waals surface area (Å²) in [5, 5.41) is 14.9. The maximum atomic E-state index is 12.7. The SMILES string of the molecule is Cc1cnc(Nc2cccc(C(=O)NO)c2)nc1Nc1cccc(S(=O)(=O)NC(C)(C)C)c1. The molecule has 10 nitrogen and oxygen atoms in total. The summed E-state index contributed by atoms with van der Waals surface area (Å²) in [4.78, 5) is 20.5. The molecule has 2 aromatic carbocycles. The van der Waals surface area contributed by atoms with Crippen molar-refractivity contribution in [3.8, 4) is 0 Å². The predicted molar refractivity (Wildman–Crippen MR) is 126 cm³/mol. The fourth-order valence-corrected chi connectivity index (χ4v) is 4.36. The van der Waals surface area contributed by atoms with E-state index in [9.17, 15) is 13.2 Å². The lowest BCUT2D eigenvalue weighted by Gasteiger charge is -2.20. The van der Waals surface area contributed by atoms with Gasteiger partial charge in [-0.3, -0.25) is 10.0 Å². The van der Waals surface area contributed by atoms with Crippen LogP contribution in [0.1, 0.15) is 36.7 Å². The molecule has 1 amide bonds. The third kappa shape index (κ3) is 6.48. The van der Waals surface area contributed by atoms with E-state index in [1.165, 1.54) is 12.1 Å². The predicted octanol–water partition coefficient (Wildman–Crippen LogP) is 3.47. The van der Waals surface area contributed by atoms with E-state index in [0.717, 1.165) is 5.56 Å². The molecule has 0 aliphatic rings. The highest BCUT2D eigenvalue weighted by Crippen LogP contribution is 2.24. The summed E-state index contributed by atoms with van der Waals surface area (Å²) in [5.74, 6) is 0.111. The second-order valence-electron chi connectivity index (χ2n) is 8.38. The van der Waals surface area contributed by atoms with Crippen molar-refractivity contribution in [1.29, 1.82) is 0 Å². The van der Waals surface area contributed by atoms with Crippen LogP contribution < -0.4 is 20.8 Å². The van der Waals surface area contributed by atoms with Crippen LogP contribution in [0.15, 0.2) is 59.6 Å². The normalized spacial score (nSPS) is 11.7. The number of sulfonamides is 1. The van der Waals surface area contributed by atoms with E-state index in [-0.39, 0.29) is 16.4 Å². The van der Waals surface area contributed by atoms with Gasteiger partial charge in [-0.15, -0.1) is 0 Å². The van der Waals surface area contributed by atoms with Gasteiger partial charge in [0.1, 0.15) is 5.82 Å². The Morgan fingerprint density at radius 3 is 2.33 bits per heavy atom. The Balaban J connectivity index is 1.83. The molecule has 1 aromatic heterocycles. The third-order valence-electron chi connectivity index (χ3n) is 4.30. The molecule has 11 heteroatoms. The highest BCUT2D eigenvalue weighted by Gasteiger charge is 2.22. The molecule has 1 heterocycles. The van der Waals surface area contributed by atoms with Crippen molar-refractivity contribution >= 4 is 39.1 Å². The Morgan fingerprint density at radius 1 is 1.00 bits per heavy atom. The lowest BCUT2D eigenvalue weighted by molar-refractivity contribution is 0.0706. The van der Waals surface area contributed by atoms with Gasteiger partial charge in [-0.1, -0.05) is 12.1 Å². The zero-order chi connectivity index (χ0) is 24.2. The van der Waals surface area contributed by atoms with E-state index in [4.69, 9.17) is 5.21 Å². The number of anilines is 4. The first-order valence-corrected chi connectivity index (χ1v) is 11.5. The average molecular weight is 471 g/mol. The van der Waals surface area contributed by atoms with Gasteiger partial charge in [-0.05, 0) is 64.1 Å². The van der Waals surface area contributed by atoms with Crippen molar-refractivity contribution in [1.82, 2.24) is 20.2 Å². The van der Waals surface area contributed by atoms with Gasteiger partial charge in [0.05, 0.1) is 4.90 Å². The standard InChI is InChI=1S/C22H26N6O4S/c1-14-13-23-21(25-16-8-5-7-15(11-16)20(29)27-30)26-19(14)24-17-9-6-10-18(12-17)33(31,32)28-22(2,3)4/h5-13,28,30H,1-4H3,(H,27,29)(H2,23,24,25,26). The second-order valence-corrected chi connectivity index (χ2v) is 10.1. The average Bonchev–Trinajstić information content (AvgIpc) is 2.74. The zero-order valence-electron chi connectivity index (χ0n) is 18.7. The van der Waals surface area contributed by atoms with E-state index in [1.54, 1.807) is 68.8 Å². The molecule has 0 bridgehead atoms. The van der Waals surface area contributed by atoms with E-state index in [0.29, 0.717) is 17.2 Å². The maximum absolute atomic E-state index is 12.7. The summed E-state index contributed by atoms with van der Waals surface area (Å²) in [6.07, 6.45) is 1.61. The summed E-state index contributed by atoms with van der Waals surface area (Å²) in [5.41, 5.74) is 3.07. The zero-order valence-corrected chi connectivity index (χ0v) is 19.5. The highest BCUT2D eigenvalue weighted by atomic mass is 32.2.